The largest absolute Gasteiger partial charge is 0.381 e. The molecule has 0 spiro atoms. The standard InChI is InChI=1S/C11H25NO3/c1-5-8-15-9-6-7-12-10(2)11(13-3)14-4/h10-12H,5-9H2,1-4H3. The Bertz CT molecular complexity index is 129. The van der Waals surface area contributed by atoms with Crippen molar-refractivity contribution in [1.82, 2.24) is 5.32 Å². The minimum Gasteiger partial charge on any atom is -0.381 e. The maximum Gasteiger partial charge on any atom is 0.171 e. The number of rotatable bonds is 10. The van der Waals surface area contributed by atoms with Crippen LogP contribution >= 0.6 is 0 Å². The van der Waals surface area contributed by atoms with E-state index in [9.17, 15) is 0 Å². The van der Waals surface area contributed by atoms with Crippen molar-refractivity contribution in [1.29, 1.82) is 0 Å². The predicted molar refractivity (Wildman–Crippen MR) is 61.0 cm³/mol. The van der Waals surface area contributed by atoms with Gasteiger partial charge in [0.2, 0.25) is 0 Å². The highest BCUT2D eigenvalue weighted by Gasteiger charge is 2.13. The molecule has 1 N–H and O–H groups in total. The molecular weight excluding hydrogens is 194 g/mol. The molecule has 0 bridgehead atoms. The Balaban J connectivity index is 3.33. The molecule has 1 atom stereocenters. The maximum atomic E-state index is 5.38. The summed E-state index contributed by atoms with van der Waals surface area (Å²) >= 11 is 0. The second-order valence-electron chi connectivity index (χ2n) is 3.55. The zero-order valence-electron chi connectivity index (χ0n) is 10.4. The average Bonchev–Trinajstić information content (AvgIpc) is 2.25. The molecule has 0 aromatic carbocycles. The topological polar surface area (TPSA) is 39.7 Å². The molecule has 0 aliphatic rings. The number of hydrogen-bond donors (Lipinski definition) is 1. The van der Waals surface area contributed by atoms with Crippen molar-refractivity contribution >= 4 is 0 Å². The molecule has 4 heteroatoms. The van der Waals surface area contributed by atoms with Gasteiger partial charge in [-0.25, -0.2) is 0 Å². The van der Waals surface area contributed by atoms with Crippen LogP contribution in [0.4, 0.5) is 0 Å². The molecule has 1 unspecified atom stereocenters. The van der Waals surface area contributed by atoms with Gasteiger partial charge in [-0.3, -0.25) is 0 Å². The Hall–Kier alpha value is -0.160. The van der Waals surface area contributed by atoms with E-state index in [1.807, 2.05) is 6.92 Å². The highest BCUT2D eigenvalue weighted by Crippen LogP contribution is 1.98. The molecule has 0 saturated carbocycles. The highest BCUT2D eigenvalue weighted by molar-refractivity contribution is 4.64. The third kappa shape index (κ3) is 7.73. The fourth-order valence-electron chi connectivity index (χ4n) is 1.35. The molecule has 0 aromatic heterocycles. The van der Waals surface area contributed by atoms with Crippen LogP contribution in [0.25, 0.3) is 0 Å². The first-order valence-electron chi connectivity index (χ1n) is 5.63. The van der Waals surface area contributed by atoms with E-state index in [0.29, 0.717) is 0 Å². The molecule has 4 nitrogen and oxygen atoms in total. The van der Waals surface area contributed by atoms with Crippen LogP contribution in [0.2, 0.25) is 0 Å². The summed E-state index contributed by atoms with van der Waals surface area (Å²) in [5.41, 5.74) is 0. The average molecular weight is 219 g/mol. The van der Waals surface area contributed by atoms with Crippen molar-refractivity contribution < 1.29 is 14.2 Å². The number of hydrogen-bond acceptors (Lipinski definition) is 4. The van der Waals surface area contributed by atoms with Gasteiger partial charge in [-0.05, 0) is 26.3 Å². The zero-order valence-corrected chi connectivity index (χ0v) is 10.4. The lowest BCUT2D eigenvalue weighted by atomic mass is 10.3. The van der Waals surface area contributed by atoms with Gasteiger partial charge in [0.15, 0.2) is 6.29 Å². The number of methoxy groups -OCH3 is 2. The molecule has 0 fully saturated rings. The third-order valence-electron chi connectivity index (χ3n) is 2.15. The molecule has 92 valence electrons. The normalized spacial score (nSPS) is 13.4. The van der Waals surface area contributed by atoms with E-state index in [1.165, 1.54) is 0 Å². The van der Waals surface area contributed by atoms with Gasteiger partial charge in [-0.2, -0.15) is 0 Å². The van der Waals surface area contributed by atoms with Crippen molar-refractivity contribution in [2.45, 2.75) is 39.0 Å². The molecule has 0 aliphatic heterocycles. The van der Waals surface area contributed by atoms with Crippen molar-refractivity contribution in [3.8, 4) is 0 Å². The van der Waals surface area contributed by atoms with Crippen LogP contribution in [0.15, 0.2) is 0 Å². The van der Waals surface area contributed by atoms with E-state index in [-0.39, 0.29) is 12.3 Å². The third-order valence-corrected chi connectivity index (χ3v) is 2.15. The Labute approximate surface area is 93.3 Å². The van der Waals surface area contributed by atoms with Gasteiger partial charge in [0.1, 0.15) is 0 Å². The van der Waals surface area contributed by atoms with Crippen LogP contribution < -0.4 is 5.32 Å². The Morgan fingerprint density at radius 3 is 2.33 bits per heavy atom. The van der Waals surface area contributed by atoms with Crippen LogP contribution in [-0.4, -0.2) is 46.3 Å². The van der Waals surface area contributed by atoms with Gasteiger partial charge < -0.3 is 19.5 Å². The van der Waals surface area contributed by atoms with Gasteiger partial charge in [0.25, 0.3) is 0 Å². The van der Waals surface area contributed by atoms with E-state index in [1.54, 1.807) is 14.2 Å². The van der Waals surface area contributed by atoms with Crippen LogP contribution in [-0.2, 0) is 14.2 Å². The van der Waals surface area contributed by atoms with Crippen molar-refractivity contribution in [2.75, 3.05) is 34.0 Å². The summed E-state index contributed by atoms with van der Waals surface area (Å²) in [4.78, 5) is 0. The van der Waals surface area contributed by atoms with Crippen molar-refractivity contribution in [3.05, 3.63) is 0 Å². The second-order valence-corrected chi connectivity index (χ2v) is 3.55. The summed E-state index contributed by atoms with van der Waals surface area (Å²) in [7, 11) is 3.30. The lowest BCUT2D eigenvalue weighted by Gasteiger charge is -2.22. The predicted octanol–water partition coefficient (Wildman–Crippen LogP) is 1.40. The molecule has 0 aromatic rings. The van der Waals surface area contributed by atoms with E-state index >= 15 is 0 Å². The molecule has 15 heavy (non-hydrogen) atoms. The summed E-state index contributed by atoms with van der Waals surface area (Å²) in [6, 6.07) is 0.200. The zero-order chi connectivity index (χ0) is 11.5. The smallest absolute Gasteiger partial charge is 0.171 e. The van der Waals surface area contributed by atoms with Gasteiger partial charge in [-0.15, -0.1) is 0 Å². The fourth-order valence-corrected chi connectivity index (χ4v) is 1.35. The SMILES string of the molecule is CCCOCCCNC(C)C(OC)OC. The summed E-state index contributed by atoms with van der Waals surface area (Å²) < 4.78 is 15.7. The maximum absolute atomic E-state index is 5.38. The van der Waals surface area contributed by atoms with Crippen LogP contribution in [0.1, 0.15) is 26.7 Å². The molecular formula is C11H25NO3. The van der Waals surface area contributed by atoms with Crippen LogP contribution in [0, 0.1) is 0 Å². The minimum absolute atomic E-state index is 0.179. The van der Waals surface area contributed by atoms with Gasteiger partial charge in [-0.1, -0.05) is 6.92 Å². The number of nitrogens with one attached hydrogen (secondary N) is 1. The summed E-state index contributed by atoms with van der Waals surface area (Å²) in [6.45, 7) is 6.76. The first-order chi connectivity index (χ1) is 7.26. The van der Waals surface area contributed by atoms with Crippen LogP contribution in [0.5, 0.6) is 0 Å². The monoisotopic (exact) mass is 219 g/mol. The lowest BCUT2D eigenvalue weighted by Crippen LogP contribution is -2.40. The highest BCUT2D eigenvalue weighted by atomic mass is 16.7. The first-order valence-corrected chi connectivity index (χ1v) is 5.63. The lowest BCUT2D eigenvalue weighted by molar-refractivity contribution is -0.119. The minimum atomic E-state index is -0.179. The molecule has 0 rings (SSSR count). The fraction of sp³-hybridized carbons (Fsp3) is 1.00. The summed E-state index contributed by atoms with van der Waals surface area (Å²) in [5.74, 6) is 0. The molecule has 0 radical (unpaired) electrons. The molecule has 0 amide bonds. The molecule has 0 saturated heterocycles. The van der Waals surface area contributed by atoms with Gasteiger partial charge in [0, 0.05) is 27.4 Å². The molecule has 0 heterocycles. The van der Waals surface area contributed by atoms with E-state index in [2.05, 4.69) is 12.2 Å². The summed E-state index contributed by atoms with van der Waals surface area (Å²) in [6.07, 6.45) is 1.92. The first kappa shape index (κ1) is 14.8. The quantitative estimate of drug-likeness (QED) is 0.445. The summed E-state index contributed by atoms with van der Waals surface area (Å²) in [5, 5.41) is 3.33. The van der Waals surface area contributed by atoms with Crippen LogP contribution in [0.3, 0.4) is 0 Å². The van der Waals surface area contributed by atoms with E-state index < -0.39 is 0 Å². The number of ether oxygens (including phenoxy) is 3. The Morgan fingerprint density at radius 2 is 1.80 bits per heavy atom. The van der Waals surface area contributed by atoms with Gasteiger partial charge >= 0.3 is 0 Å². The second kappa shape index (κ2) is 10.4. The van der Waals surface area contributed by atoms with E-state index in [4.69, 9.17) is 14.2 Å². The Morgan fingerprint density at radius 1 is 1.13 bits per heavy atom. The van der Waals surface area contributed by atoms with Crippen molar-refractivity contribution in [2.24, 2.45) is 0 Å². The Kier molecular flexibility index (Phi) is 10.3. The van der Waals surface area contributed by atoms with Crippen molar-refractivity contribution in [3.63, 3.8) is 0 Å². The molecule has 0 aliphatic carbocycles. The van der Waals surface area contributed by atoms with E-state index in [0.717, 1.165) is 32.6 Å². The van der Waals surface area contributed by atoms with Gasteiger partial charge in [0.05, 0.1) is 6.04 Å².